The van der Waals surface area contributed by atoms with Crippen LogP contribution in [0.5, 0.6) is 0 Å². The Hall–Kier alpha value is -2.10. The minimum Gasteiger partial charge on any atom is -0.361 e. The van der Waals surface area contributed by atoms with Gasteiger partial charge in [-0.05, 0) is 6.42 Å². The average molecular weight is 258 g/mol. The lowest BCUT2D eigenvalue weighted by molar-refractivity contribution is -0.127. The van der Waals surface area contributed by atoms with E-state index < -0.39 is 0 Å². The summed E-state index contributed by atoms with van der Waals surface area (Å²) < 4.78 is 5.31. The van der Waals surface area contributed by atoms with E-state index in [1.807, 2.05) is 36.4 Å². The van der Waals surface area contributed by atoms with Crippen LogP contribution in [0.25, 0.3) is 11.3 Å². The highest BCUT2D eigenvalue weighted by molar-refractivity contribution is 5.72. The number of benzene rings is 1. The van der Waals surface area contributed by atoms with Crippen molar-refractivity contribution in [2.45, 2.75) is 19.8 Å². The molecule has 19 heavy (non-hydrogen) atoms. The van der Waals surface area contributed by atoms with Crippen LogP contribution in [0.15, 0.2) is 40.9 Å². The fourth-order valence-corrected chi connectivity index (χ4v) is 1.82. The van der Waals surface area contributed by atoms with Gasteiger partial charge < -0.3 is 9.42 Å². The van der Waals surface area contributed by atoms with Crippen LogP contribution in [0.2, 0.25) is 0 Å². The Morgan fingerprint density at radius 2 is 2.05 bits per heavy atom. The van der Waals surface area contributed by atoms with Gasteiger partial charge in [-0.1, -0.05) is 35.5 Å². The standard InChI is InChI=1S/C15H18N2O2/c1-12(18)17(2)10-6-9-14-11-15(16-19-14)13-7-4-3-5-8-13/h3-5,7-8,11H,6,9-10H2,1-2H3. The summed E-state index contributed by atoms with van der Waals surface area (Å²) in [6.45, 7) is 2.30. The minimum atomic E-state index is 0.0857. The number of amides is 1. The second-order valence-corrected chi connectivity index (χ2v) is 4.59. The molecule has 2 rings (SSSR count). The van der Waals surface area contributed by atoms with Crippen LogP contribution < -0.4 is 0 Å². The van der Waals surface area contributed by atoms with E-state index in [9.17, 15) is 4.79 Å². The van der Waals surface area contributed by atoms with E-state index in [4.69, 9.17) is 4.52 Å². The van der Waals surface area contributed by atoms with Crippen LogP contribution in [-0.2, 0) is 11.2 Å². The van der Waals surface area contributed by atoms with E-state index in [0.717, 1.165) is 36.4 Å². The van der Waals surface area contributed by atoms with Crippen molar-refractivity contribution in [2.75, 3.05) is 13.6 Å². The molecule has 0 bridgehead atoms. The summed E-state index contributed by atoms with van der Waals surface area (Å²) in [5.74, 6) is 0.943. The summed E-state index contributed by atoms with van der Waals surface area (Å²) in [7, 11) is 1.80. The van der Waals surface area contributed by atoms with Gasteiger partial charge >= 0.3 is 0 Å². The van der Waals surface area contributed by atoms with E-state index in [1.54, 1.807) is 18.9 Å². The molecular formula is C15H18N2O2. The average Bonchev–Trinajstić information content (AvgIpc) is 2.88. The molecule has 0 fully saturated rings. The third kappa shape index (κ3) is 3.68. The van der Waals surface area contributed by atoms with E-state index in [1.165, 1.54) is 0 Å². The number of carbonyl (C=O) groups excluding carboxylic acids is 1. The van der Waals surface area contributed by atoms with Crippen molar-refractivity contribution < 1.29 is 9.32 Å². The van der Waals surface area contributed by atoms with Gasteiger partial charge in [-0.25, -0.2) is 0 Å². The molecule has 4 nitrogen and oxygen atoms in total. The first-order valence-electron chi connectivity index (χ1n) is 6.39. The van der Waals surface area contributed by atoms with Crippen molar-refractivity contribution in [3.05, 3.63) is 42.2 Å². The van der Waals surface area contributed by atoms with Crippen molar-refractivity contribution in [1.82, 2.24) is 10.1 Å². The summed E-state index contributed by atoms with van der Waals surface area (Å²) in [4.78, 5) is 12.8. The molecule has 0 aliphatic rings. The zero-order valence-corrected chi connectivity index (χ0v) is 11.3. The Labute approximate surface area is 113 Å². The number of hydrogen-bond donors (Lipinski definition) is 0. The number of aryl methyl sites for hydroxylation is 1. The van der Waals surface area contributed by atoms with Crippen molar-refractivity contribution in [2.24, 2.45) is 0 Å². The molecule has 1 aromatic heterocycles. The van der Waals surface area contributed by atoms with Gasteiger partial charge in [0.15, 0.2) is 0 Å². The summed E-state index contributed by atoms with van der Waals surface area (Å²) in [6.07, 6.45) is 1.66. The molecule has 0 spiro atoms. The highest BCUT2D eigenvalue weighted by Crippen LogP contribution is 2.19. The van der Waals surface area contributed by atoms with Gasteiger partial charge in [0.2, 0.25) is 5.91 Å². The highest BCUT2D eigenvalue weighted by atomic mass is 16.5. The van der Waals surface area contributed by atoms with Crippen molar-refractivity contribution in [3.63, 3.8) is 0 Å². The maximum atomic E-state index is 11.1. The Balaban J connectivity index is 1.90. The predicted molar refractivity (Wildman–Crippen MR) is 73.6 cm³/mol. The summed E-state index contributed by atoms with van der Waals surface area (Å²) in [5, 5.41) is 4.06. The van der Waals surface area contributed by atoms with E-state index in [2.05, 4.69) is 5.16 Å². The lowest BCUT2D eigenvalue weighted by atomic mass is 10.1. The van der Waals surface area contributed by atoms with Crippen LogP contribution >= 0.6 is 0 Å². The van der Waals surface area contributed by atoms with Crippen LogP contribution in [0.3, 0.4) is 0 Å². The molecule has 0 aliphatic carbocycles. The number of carbonyl (C=O) groups is 1. The lowest BCUT2D eigenvalue weighted by Gasteiger charge is -2.13. The molecule has 0 saturated heterocycles. The lowest BCUT2D eigenvalue weighted by Crippen LogP contribution is -2.25. The monoisotopic (exact) mass is 258 g/mol. The third-order valence-electron chi connectivity index (χ3n) is 3.08. The summed E-state index contributed by atoms with van der Waals surface area (Å²) in [6, 6.07) is 11.9. The van der Waals surface area contributed by atoms with Crippen LogP contribution in [0, 0.1) is 0 Å². The fourth-order valence-electron chi connectivity index (χ4n) is 1.82. The molecule has 1 amide bonds. The van der Waals surface area contributed by atoms with Gasteiger partial charge in [0.25, 0.3) is 0 Å². The summed E-state index contributed by atoms with van der Waals surface area (Å²) in [5.41, 5.74) is 1.91. The second-order valence-electron chi connectivity index (χ2n) is 4.59. The molecule has 0 radical (unpaired) electrons. The SMILES string of the molecule is CC(=O)N(C)CCCc1cc(-c2ccccc2)no1. The van der Waals surface area contributed by atoms with Gasteiger partial charge in [-0.3, -0.25) is 4.79 Å². The van der Waals surface area contributed by atoms with Gasteiger partial charge in [0.05, 0.1) is 0 Å². The van der Waals surface area contributed by atoms with Gasteiger partial charge in [-0.15, -0.1) is 0 Å². The Morgan fingerprint density at radius 1 is 1.32 bits per heavy atom. The normalized spacial score (nSPS) is 10.4. The minimum absolute atomic E-state index is 0.0857. The highest BCUT2D eigenvalue weighted by Gasteiger charge is 2.07. The smallest absolute Gasteiger partial charge is 0.219 e. The fraction of sp³-hybridized carbons (Fsp3) is 0.333. The summed E-state index contributed by atoms with van der Waals surface area (Å²) >= 11 is 0. The predicted octanol–water partition coefficient (Wildman–Crippen LogP) is 2.75. The van der Waals surface area contributed by atoms with Crippen molar-refractivity contribution in [3.8, 4) is 11.3 Å². The number of rotatable bonds is 5. The molecule has 1 heterocycles. The van der Waals surface area contributed by atoms with Crippen LogP contribution in [0.1, 0.15) is 19.1 Å². The van der Waals surface area contributed by atoms with Crippen LogP contribution in [0.4, 0.5) is 0 Å². The van der Waals surface area contributed by atoms with Gasteiger partial charge in [-0.2, -0.15) is 0 Å². The molecule has 0 atom stereocenters. The largest absolute Gasteiger partial charge is 0.361 e. The van der Waals surface area contributed by atoms with E-state index in [0.29, 0.717) is 0 Å². The van der Waals surface area contributed by atoms with Crippen molar-refractivity contribution >= 4 is 5.91 Å². The maximum absolute atomic E-state index is 11.1. The Kier molecular flexibility index (Phi) is 4.34. The van der Waals surface area contributed by atoms with Crippen LogP contribution in [-0.4, -0.2) is 29.6 Å². The maximum Gasteiger partial charge on any atom is 0.219 e. The molecule has 2 aromatic rings. The third-order valence-corrected chi connectivity index (χ3v) is 3.08. The molecule has 0 unspecified atom stereocenters. The van der Waals surface area contributed by atoms with Gasteiger partial charge in [0.1, 0.15) is 11.5 Å². The van der Waals surface area contributed by atoms with Gasteiger partial charge in [0, 0.05) is 38.6 Å². The zero-order chi connectivity index (χ0) is 13.7. The Morgan fingerprint density at radius 3 is 2.74 bits per heavy atom. The first kappa shape index (κ1) is 13.3. The quantitative estimate of drug-likeness (QED) is 0.828. The number of nitrogens with zero attached hydrogens (tertiary/aromatic N) is 2. The number of hydrogen-bond acceptors (Lipinski definition) is 3. The molecule has 4 heteroatoms. The second kappa shape index (κ2) is 6.18. The molecule has 0 aliphatic heterocycles. The molecule has 100 valence electrons. The topological polar surface area (TPSA) is 46.3 Å². The molecule has 0 N–H and O–H groups in total. The first-order chi connectivity index (χ1) is 9.16. The van der Waals surface area contributed by atoms with E-state index in [-0.39, 0.29) is 5.91 Å². The Bertz CT molecular complexity index is 534. The first-order valence-corrected chi connectivity index (χ1v) is 6.39. The van der Waals surface area contributed by atoms with Crippen molar-refractivity contribution in [1.29, 1.82) is 0 Å². The zero-order valence-electron chi connectivity index (χ0n) is 11.3. The molecule has 1 aromatic carbocycles. The van der Waals surface area contributed by atoms with E-state index >= 15 is 0 Å². The molecule has 0 saturated carbocycles. The molecular weight excluding hydrogens is 240 g/mol. The number of aromatic nitrogens is 1.